The van der Waals surface area contributed by atoms with Gasteiger partial charge in [0.25, 0.3) is 0 Å². The van der Waals surface area contributed by atoms with Crippen LogP contribution in [0.5, 0.6) is 0 Å². The molecule has 1 unspecified atom stereocenters. The summed E-state index contributed by atoms with van der Waals surface area (Å²) in [4.78, 5) is 24.1. The van der Waals surface area contributed by atoms with E-state index in [0.717, 1.165) is 51.4 Å². The van der Waals surface area contributed by atoms with Crippen LogP contribution < -0.4 is 0 Å². The SMILES string of the molecule is CC/C=C\C/C=C\C/C=C\C/C=C\C/C=C\CC(=O)OC(CO)COC(=O)CCCCCCCCCCCCCCCCC. The Hall–Kier alpha value is -2.40. The van der Waals surface area contributed by atoms with Crippen molar-refractivity contribution >= 4 is 11.9 Å². The van der Waals surface area contributed by atoms with Gasteiger partial charge in [-0.1, -0.05) is 164 Å². The lowest BCUT2D eigenvalue weighted by Crippen LogP contribution is -2.28. The van der Waals surface area contributed by atoms with Crippen molar-refractivity contribution in [3.63, 3.8) is 0 Å². The molecule has 252 valence electrons. The number of ether oxygens (including phenoxy) is 2. The predicted octanol–water partition coefficient (Wildman–Crippen LogP) is 10.8. The Bertz CT molecular complexity index is 792. The van der Waals surface area contributed by atoms with Gasteiger partial charge in [0.2, 0.25) is 0 Å². The fourth-order valence-corrected chi connectivity index (χ4v) is 4.69. The number of aliphatic hydroxyl groups is 1. The molecule has 0 saturated carbocycles. The van der Waals surface area contributed by atoms with E-state index in [1.165, 1.54) is 77.0 Å². The Balaban J connectivity index is 3.71. The van der Waals surface area contributed by atoms with Crippen LogP contribution in [0.4, 0.5) is 0 Å². The molecule has 0 spiro atoms. The van der Waals surface area contributed by atoms with Crippen molar-refractivity contribution in [3.05, 3.63) is 60.8 Å². The molecule has 0 rings (SSSR count). The number of unbranched alkanes of at least 4 members (excludes halogenated alkanes) is 14. The van der Waals surface area contributed by atoms with Gasteiger partial charge in [-0.25, -0.2) is 0 Å². The molecule has 0 fully saturated rings. The summed E-state index contributed by atoms with van der Waals surface area (Å²) in [5.74, 6) is -0.740. The topological polar surface area (TPSA) is 72.8 Å². The number of aliphatic hydroxyl groups excluding tert-OH is 1. The normalized spacial score (nSPS) is 12.9. The molecule has 0 aromatic carbocycles. The highest BCUT2D eigenvalue weighted by Crippen LogP contribution is 2.14. The monoisotopic (exact) mass is 614 g/mol. The molecule has 0 aromatic heterocycles. The fraction of sp³-hybridized carbons (Fsp3) is 0.692. The van der Waals surface area contributed by atoms with E-state index < -0.39 is 12.1 Å². The van der Waals surface area contributed by atoms with Gasteiger partial charge >= 0.3 is 11.9 Å². The summed E-state index contributed by atoms with van der Waals surface area (Å²) in [5.41, 5.74) is 0. The van der Waals surface area contributed by atoms with Crippen molar-refractivity contribution in [2.75, 3.05) is 13.2 Å². The summed E-state index contributed by atoms with van der Waals surface area (Å²) in [7, 11) is 0. The molecular weight excluding hydrogens is 548 g/mol. The Morgan fingerprint density at radius 3 is 1.39 bits per heavy atom. The average molecular weight is 615 g/mol. The number of carbonyl (C=O) groups is 2. The smallest absolute Gasteiger partial charge is 0.310 e. The summed E-state index contributed by atoms with van der Waals surface area (Å²) in [5, 5.41) is 9.50. The van der Waals surface area contributed by atoms with Crippen LogP contribution >= 0.6 is 0 Å². The van der Waals surface area contributed by atoms with Crippen molar-refractivity contribution < 1.29 is 24.2 Å². The summed E-state index contributed by atoms with van der Waals surface area (Å²) in [6, 6.07) is 0. The Morgan fingerprint density at radius 2 is 0.955 bits per heavy atom. The highest BCUT2D eigenvalue weighted by atomic mass is 16.6. The minimum absolute atomic E-state index is 0.106. The number of rotatable bonds is 31. The average Bonchev–Trinajstić information content (AvgIpc) is 3.02. The van der Waals surface area contributed by atoms with Crippen molar-refractivity contribution in [1.29, 1.82) is 0 Å². The molecule has 1 atom stereocenters. The molecule has 0 radical (unpaired) electrons. The zero-order valence-corrected chi connectivity index (χ0v) is 28.4. The van der Waals surface area contributed by atoms with Gasteiger partial charge in [-0.3, -0.25) is 9.59 Å². The number of hydrogen-bond donors (Lipinski definition) is 1. The van der Waals surface area contributed by atoms with E-state index in [1.54, 1.807) is 6.08 Å². The van der Waals surface area contributed by atoms with Crippen LogP contribution in [0, 0.1) is 0 Å². The maximum atomic E-state index is 12.1. The molecule has 1 N–H and O–H groups in total. The zero-order valence-electron chi connectivity index (χ0n) is 28.4. The van der Waals surface area contributed by atoms with Crippen molar-refractivity contribution in [3.8, 4) is 0 Å². The first kappa shape index (κ1) is 41.6. The van der Waals surface area contributed by atoms with Gasteiger partial charge < -0.3 is 14.6 Å². The Morgan fingerprint density at radius 1 is 0.545 bits per heavy atom. The number of esters is 2. The molecule has 5 nitrogen and oxygen atoms in total. The van der Waals surface area contributed by atoms with Gasteiger partial charge in [0, 0.05) is 6.42 Å². The first-order chi connectivity index (χ1) is 21.6. The van der Waals surface area contributed by atoms with Crippen LogP contribution in [0.2, 0.25) is 0 Å². The Kier molecular flexibility index (Phi) is 33.2. The lowest BCUT2D eigenvalue weighted by Gasteiger charge is -2.15. The molecule has 0 bridgehead atoms. The van der Waals surface area contributed by atoms with Gasteiger partial charge in [0.1, 0.15) is 6.61 Å². The molecule has 0 aliphatic rings. The molecule has 0 amide bonds. The van der Waals surface area contributed by atoms with E-state index in [1.807, 2.05) is 6.08 Å². The van der Waals surface area contributed by atoms with E-state index in [0.29, 0.717) is 6.42 Å². The van der Waals surface area contributed by atoms with Gasteiger partial charge in [-0.05, 0) is 38.5 Å². The fourth-order valence-electron chi connectivity index (χ4n) is 4.69. The van der Waals surface area contributed by atoms with E-state index in [-0.39, 0.29) is 25.6 Å². The molecule has 0 heterocycles. The van der Waals surface area contributed by atoms with Gasteiger partial charge in [-0.2, -0.15) is 0 Å². The third-order valence-corrected chi connectivity index (χ3v) is 7.36. The molecule has 44 heavy (non-hydrogen) atoms. The van der Waals surface area contributed by atoms with Crippen molar-refractivity contribution in [1.82, 2.24) is 0 Å². The second kappa shape index (κ2) is 35.1. The summed E-state index contributed by atoms with van der Waals surface area (Å²) < 4.78 is 10.5. The molecule has 0 saturated heterocycles. The van der Waals surface area contributed by atoms with Gasteiger partial charge in [0.05, 0.1) is 13.0 Å². The van der Waals surface area contributed by atoms with Crippen LogP contribution in [0.1, 0.15) is 155 Å². The van der Waals surface area contributed by atoms with Crippen molar-refractivity contribution in [2.45, 2.75) is 161 Å². The van der Waals surface area contributed by atoms with E-state index in [4.69, 9.17) is 9.47 Å². The number of allylic oxidation sites excluding steroid dienone is 9. The molecule has 0 aliphatic carbocycles. The maximum Gasteiger partial charge on any atom is 0.310 e. The zero-order chi connectivity index (χ0) is 32.2. The Labute approximate surface area is 271 Å². The quantitative estimate of drug-likeness (QED) is 0.0478. The maximum absolute atomic E-state index is 12.1. The second-order valence-corrected chi connectivity index (χ2v) is 11.6. The summed E-state index contributed by atoms with van der Waals surface area (Å²) in [6.07, 6.45) is 44.4. The third-order valence-electron chi connectivity index (χ3n) is 7.36. The lowest BCUT2D eigenvalue weighted by atomic mass is 10.0. The van der Waals surface area contributed by atoms with E-state index in [9.17, 15) is 14.7 Å². The van der Waals surface area contributed by atoms with Crippen molar-refractivity contribution in [2.24, 2.45) is 0 Å². The standard InChI is InChI=1S/C39H66O5/c1-3-5-7-9-11-13-15-17-19-21-23-25-27-29-31-33-38(41)43-36-37(35-40)44-39(42)34-32-30-28-26-24-22-20-18-16-14-12-10-8-6-4-2/h6,8,12,14,18,20,24,26,30,32,37,40H,3-5,7,9-11,13,15-17,19,21-23,25,27-29,31,33-36H2,1-2H3/b8-6-,14-12-,20-18-,26-24-,32-30-. The van der Waals surface area contributed by atoms with Crippen LogP contribution in [0.3, 0.4) is 0 Å². The van der Waals surface area contributed by atoms with Crippen LogP contribution in [-0.2, 0) is 19.1 Å². The van der Waals surface area contributed by atoms with Gasteiger partial charge in [0.15, 0.2) is 6.10 Å². The third kappa shape index (κ3) is 32.5. The number of carbonyl (C=O) groups excluding carboxylic acids is 2. The molecule has 0 aliphatic heterocycles. The first-order valence-corrected chi connectivity index (χ1v) is 17.8. The minimum Gasteiger partial charge on any atom is -0.462 e. The highest BCUT2D eigenvalue weighted by Gasteiger charge is 2.15. The summed E-state index contributed by atoms with van der Waals surface area (Å²) >= 11 is 0. The first-order valence-electron chi connectivity index (χ1n) is 17.8. The van der Waals surface area contributed by atoms with E-state index in [2.05, 4.69) is 62.5 Å². The van der Waals surface area contributed by atoms with Crippen LogP contribution in [0.15, 0.2) is 60.8 Å². The second-order valence-electron chi connectivity index (χ2n) is 11.6. The lowest BCUT2D eigenvalue weighted by molar-refractivity contribution is -0.160. The highest BCUT2D eigenvalue weighted by molar-refractivity contribution is 5.71. The molecule has 5 heteroatoms. The van der Waals surface area contributed by atoms with E-state index >= 15 is 0 Å². The molecular formula is C39H66O5. The molecule has 0 aromatic rings. The minimum atomic E-state index is -0.824. The summed E-state index contributed by atoms with van der Waals surface area (Å²) in [6.45, 7) is 3.93. The number of hydrogen-bond acceptors (Lipinski definition) is 5. The predicted molar refractivity (Wildman–Crippen MR) is 187 cm³/mol. The van der Waals surface area contributed by atoms with Crippen LogP contribution in [-0.4, -0.2) is 36.4 Å². The van der Waals surface area contributed by atoms with Gasteiger partial charge in [-0.15, -0.1) is 0 Å². The largest absolute Gasteiger partial charge is 0.462 e. The van der Waals surface area contributed by atoms with Crippen LogP contribution in [0.25, 0.3) is 0 Å².